The zero-order valence-corrected chi connectivity index (χ0v) is 14.3. The van der Waals surface area contributed by atoms with Crippen LogP contribution in [0.4, 0.5) is 14.9 Å². The number of carbonyl (C=O) groups is 1. The Morgan fingerprint density at radius 1 is 1.26 bits per heavy atom. The molecule has 0 aliphatic carbocycles. The number of para-hydroxylation sites is 1. The maximum atomic E-state index is 13.7. The molecular weight excluding hydrogens is 358 g/mol. The Morgan fingerprint density at radius 3 is 2.78 bits per heavy atom. The Balaban J connectivity index is 1.81. The molecule has 3 nitrogen and oxygen atoms in total. The van der Waals surface area contributed by atoms with Gasteiger partial charge in [-0.05, 0) is 24.3 Å². The highest BCUT2D eigenvalue weighted by molar-refractivity contribution is 7.99. The first-order valence-corrected chi connectivity index (χ1v) is 8.75. The summed E-state index contributed by atoms with van der Waals surface area (Å²) in [6, 6.07) is 11.0. The molecule has 0 saturated carbocycles. The number of benzene rings is 2. The van der Waals surface area contributed by atoms with Crippen molar-refractivity contribution in [1.82, 2.24) is 4.90 Å². The standard InChI is InChI=1S/C16H13Cl2FN2OS/c17-10-5-6-11(12(18)9-10)15-21(7-8-23-15)16(22)20-14-4-2-1-3-13(14)19/h1-6,9,15H,7-8H2,(H,20,22)/t15-/m0/s1. The predicted octanol–water partition coefficient (Wildman–Crippen LogP) is 5.41. The van der Waals surface area contributed by atoms with E-state index >= 15 is 0 Å². The summed E-state index contributed by atoms with van der Waals surface area (Å²) < 4.78 is 13.7. The van der Waals surface area contributed by atoms with E-state index in [1.54, 1.807) is 40.9 Å². The number of amides is 2. The van der Waals surface area contributed by atoms with Crippen LogP contribution in [0.15, 0.2) is 42.5 Å². The van der Waals surface area contributed by atoms with Gasteiger partial charge in [-0.3, -0.25) is 0 Å². The fourth-order valence-electron chi connectivity index (χ4n) is 2.39. The van der Waals surface area contributed by atoms with Crippen molar-refractivity contribution in [2.75, 3.05) is 17.6 Å². The summed E-state index contributed by atoms with van der Waals surface area (Å²) in [6.45, 7) is 0.564. The normalized spacial score (nSPS) is 17.3. The van der Waals surface area contributed by atoms with Crippen LogP contribution in [0.3, 0.4) is 0 Å². The number of carbonyl (C=O) groups excluding carboxylic acids is 1. The number of halogens is 3. The molecule has 0 spiro atoms. The fraction of sp³-hybridized carbons (Fsp3) is 0.188. The van der Waals surface area contributed by atoms with Crippen LogP contribution in [0.1, 0.15) is 10.9 Å². The molecule has 2 aromatic carbocycles. The molecule has 0 radical (unpaired) electrons. The average Bonchev–Trinajstić information content (AvgIpc) is 2.99. The van der Waals surface area contributed by atoms with Crippen LogP contribution in [0.5, 0.6) is 0 Å². The number of hydrogen-bond donors (Lipinski definition) is 1. The van der Waals surface area contributed by atoms with Crippen molar-refractivity contribution in [3.63, 3.8) is 0 Å². The van der Waals surface area contributed by atoms with Crippen molar-refractivity contribution >= 4 is 46.7 Å². The molecule has 0 unspecified atom stereocenters. The highest BCUT2D eigenvalue weighted by atomic mass is 35.5. The molecule has 2 amide bonds. The van der Waals surface area contributed by atoms with Gasteiger partial charge in [-0.15, -0.1) is 11.8 Å². The van der Waals surface area contributed by atoms with Gasteiger partial charge in [-0.2, -0.15) is 0 Å². The molecule has 7 heteroatoms. The third-order valence-corrected chi connectivity index (χ3v) is 5.30. The van der Waals surface area contributed by atoms with Crippen LogP contribution in [0.2, 0.25) is 10.0 Å². The van der Waals surface area contributed by atoms with Gasteiger partial charge in [0.05, 0.1) is 5.69 Å². The van der Waals surface area contributed by atoms with E-state index < -0.39 is 5.82 Å². The van der Waals surface area contributed by atoms with Crippen LogP contribution in [-0.2, 0) is 0 Å². The molecule has 1 heterocycles. The largest absolute Gasteiger partial charge is 0.323 e. The van der Waals surface area contributed by atoms with Crippen molar-refractivity contribution in [2.45, 2.75) is 5.37 Å². The molecule has 1 fully saturated rings. The summed E-state index contributed by atoms with van der Waals surface area (Å²) in [5, 5.41) is 3.46. The Kier molecular flexibility index (Phi) is 4.99. The average molecular weight is 371 g/mol. The molecule has 1 atom stereocenters. The lowest BCUT2D eigenvalue weighted by Gasteiger charge is -2.25. The van der Waals surface area contributed by atoms with E-state index in [1.165, 1.54) is 12.1 Å². The highest BCUT2D eigenvalue weighted by Gasteiger charge is 2.32. The molecule has 0 aromatic heterocycles. The zero-order valence-electron chi connectivity index (χ0n) is 11.9. The van der Waals surface area contributed by atoms with Crippen molar-refractivity contribution in [2.24, 2.45) is 0 Å². The van der Waals surface area contributed by atoms with Gasteiger partial charge in [-0.25, -0.2) is 9.18 Å². The van der Waals surface area contributed by atoms with Crippen molar-refractivity contribution < 1.29 is 9.18 Å². The van der Waals surface area contributed by atoms with Gasteiger partial charge in [0, 0.05) is 27.9 Å². The maximum absolute atomic E-state index is 13.7. The number of anilines is 1. The Hall–Kier alpha value is -1.43. The zero-order chi connectivity index (χ0) is 16.4. The predicted molar refractivity (Wildman–Crippen MR) is 93.8 cm³/mol. The smallest absolute Gasteiger partial charge is 0.308 e. The highest BCUT2D eigenvalue weighted by Crippen LogP contribution is 2.41. The lowest BCUT2D eigenvalue weighted by Crippen LogP contribution is -2.34. The van der Waals surface area contributed by atoms with E-state index in [0.29, 0.717) is 16.6 Å². The minimum Gasteiger partial charge on any atom is -0.308 e. The molecule has 23 heavy (non-hydrogen) atoms. The monoisotopic (exact) mass is 370 g/mol. The van der Waals surface area contributed by atoms with Crippen molar-refractivity contribution in [1.29, 1.82) is 0 Å². The number of rotatable bonds is 2. The number of nitrogens with zero attached hydrogens (tertiary/aromatic N) is 1. The second-order valence-electron chi connectivity index (χ2n) is 4.99. The first-order valence-electron chi connectivity index (χ1n) is 6.95. The van der Waals surface area contributed by atoms with Gasteiger partial charge >= 0.3 is 6.03 Å². The summed E-state index contributed by atoms with van der Waals surface area (Å²) in [4.78, 5) is 14.1. The molecular formula is C16H13Cl2FN2OS. The first kappa shape index (κ1) is 16.4. The van der Waals surface area contributed by atoms with E-state index in [2.05, 4.69) is 5.32 Å². The lowest BCUT2D eigenvalue weighted by molar-refractivity contribution is 0.214. The van der Waals surface area contributed by atoms with E-state index in [1.807, 2.05) is 6.07 Å². The Morgan fingerprint density at radius 2 is 2.04 bits per heavy atom. The van der Waals surface area contributed by atoms with Crippen molar-refractivity contribution in [3.05, 3.63) is 63.9 Å². The van der Waals surface area contributed by atoms with E-state index in [4.69, 9.17) is 23.2 Å². The summed E-state index contributed by atoms with van der Waals surface area (Å²) in [5.74, 6) is 0.322. The van der Waals surface area contributed by atoms with Crippen LogP contribution >= 0.6 is 35.0 Å². The Bertz CT molecular complexity index is 744. The lowest BCUT2D eigenvalue weighted by atomic mass is 10.2. The maximum Gasteiger partial charge on any atom is 0.323 e. The summed E-state index contributed by atoms with van der Waals surface area (Å²) in [5.41, 5.74) is 0.984. The van der Waals surface area contributed by atoms with Gasteiger partial charge in [0.25, 0.3) is 0 Å². The summed E-state index contributed by atoms with van der Waals surface area (Å²) in [7, 11) is 0. The molecule has 1 aliphatic rings. The van der Waals surface area contributed by atoms with Crippen LogP contribution in [0, 0.1) is 5.82 Å². The van der Waals surface area contributed by atoms with Gasteiger partial charge in [0.2, 0.25) is 0 Å². The molecule has 1 N–H and O–H groups in total. The molecule has 120 valence electrons. The quantitative estimate of drug-likeness (QED) is 0.765. The first-order chi connectivity index (χ1) is 11.1. The summed E-state index contributed by atoms with van der Waals surface area (Å²) in [6.07, 6.45) is 0. The molecule has 3 rings (SSSR count). The van der Waals surface area contributed by atoms with Gasteiger partial charge < -0.3 is 10.2 Å². The number of urea groups is 1. The van der Waals surface area contributed by atoms with Crippen LogP contribution < -0.4 is 5.32 Å². The van der Waals surface area contributed by atoms with E-state index in [0.717, 1.165) is 11.3 Å². The molecule has 2 aromatic rings. The van der Waals surface area contributed by atoms with Crippen LogP contribution in [-0.4, -0.2) is 23.2 Å². The number of hydrogen-bond acceptors (Lipinski definition) is 2. The van der Waals surface area contributed by atoms with E-state index in [-0.39, 0.29) is 17.1 Å². The molecule has 0 bridgehead atoms. The minimum atomic E-state index is -0.464. The Labute approximate surface area is 147 Å². The third kappa shape index (κ3) is 3.57. The van der Waals surface area contributed by atoms with E-state index in [9.17, 15) is 9.18 Å². The third-order valence-electron chi connectivity index (χ3n) is 3.50. The summed E-state index contributed by atoms with van der Waals surface area (Å²) >= 11 is 13.8. The SMILES string of the molecule is O=C(Nc1ccccc1F)N1CCS[C@H]1c1ccc(Cl)cc1Cl. The fourth-order valence-corrected chi connectivity index (χ4v) is 4.26. The molecule has 1 aliphatic heterocycles. The molecule has 1 saturated heterocycles. The van der Waals surface area contributed by atoms with Gasteiger partial charge in [0.1, 0.15) is 11.2 Å². The van der Waals surface area contributed by atoms with Crippen LogP contribution in [0.25, 0.3) is 0 Å². The number of nitrogens with one attached hydrogen (secondary N) is 1. The van der Waals surface area contributed by atoms with Gasteiger partial charge in [-0.1, -0.05) is 41.4 Å². The second kappa shape index (κ2) is 6.99. The second-order valence-corrected chi connectivity index (χ2v) is 7.02. The van der Waals surface area contributed by atoms with Gasteiger partial charge in [0.15, 0.2) is 0 Å². The minimum absolute atomic E-state index is 0.162. The number of thioether (sulfide) groups is 1. The van der Waals surface area contributed by atoms with Crippen molar-refractivity contribution in [3.8, 4) is 0 Å². The topological polar surface area (TPSA) is 32.3 Å².